The van der Waals surface area contributed by atoms with Gasteiger partial charge >= 0.3 is 0 Å². The fraction of sp³-hybridized carbons (Fsp3) is 0.0667. The average molecular weight is 847 g/mol. The molecule has 312 valence electrons. The van der Waals surface area contributed by atoms with Crippen LogP contribution in [0.3, 0.4) is 0 Å². The Kier molecular flexibility index (Phi) is 9.01. The molecule has 11 aromatic rings. The number of hydrogen-bond donors (Lipinski definition) is 0. The van der Waals surface area contributed by atoms with Crippen molar-refractivity contribution >= 4 is 55.9 Å². The highest BCUT2D eigenvalue weighted by Crippen LogP contribution is 2.47. The third-order valence-corrected chi connectivity index (χ3v) is 13.5. The van der Waals surface area contributed by atoms with E-state index in [0.29, 0.717) is 17.6 Å². The molecule has 66 heavy (non-hydrogen) atoms. The van der Waals surface area contributed by atoms with E-state index in [9.17, 15) is 0 Å². The van der Waals surface area contributed by atoms with Crippen molar-refractivity contribution in [1.29, 1.82) is 0 Å². The molecule has 1 atom stereocenters. The number of para-hydroxylation sites is 3. The van der Waals surface area contributed by atoms with Crippen LogP contribution < -0.4 is 0 Å². The van der Waals surface area contributed by atoms with E-state index >= 15 is 0 Å². The molecule has 0 spiro atoms. The van der Waals surface area contributed by atoms with Crippen LogP contribution in [-0.2, 0) is 6.42 Å². The van der Waals surface area contributed by atoms with Crippen molar-refractivity contribution in [2.75, 3.05) is 0 Å². The second-order valence-corrected chi connectivity index (χ2v) is 17.3. The third kappa shape index (κ3) is 6.40. The van der Waals surface area contributed by atoms with Gasteiger partial charge in [0.05, 0.1) is 16.6 Å². The zero-order valence-corrected chi connectivity index (χ0v) is 36.1. The van der Waals surface area contributed by atoms with Gasteiger partial charge in [-0.25, -0.2) is 9.98 Å². The number of rotatable bonds is 6. The van der Waals surface area contributed by atoms with E-state index in [-0.39, 0.29) is 5.92 Å². The van der Waals surface area contributed by atoms with Crippen LogP contribution in [0.2, 0.25) is 0 Å². The van der Waals surface area contributed by atoms with Crippen molar-refractivity contribution in [2.45, 2.75) is 25.2 Å². The second-order valence-electron chi connectivity index (χ2n) is 17.3. The maximum Gasteiger partial charge on any atom is 0.239 e. The van der Waals surface area contributed by atoms with Crippen molar-refractivity contribution in [3.05, 3.63) is 229 Å². The summed E-state index contributed by atoms with van der Waals surface area (Å²) in [6, 6.07) is 73.2. The van der Waals surface area contributed by atoms with Crippen LogP contribution in [0.4, 0.5) is 5.82 Å². The number of nitrogens with zero attached hydrogens (tertiary/aromatic N) is 6. The lowest BCUT2D eigenvalue weighted by Crippen LogP contribution is -2.20. The fourth-order valence-corrected chi connectivity index (χ4v) is 10.4. The van der Waals surface area contributed by atoms with E-state index in [1.54, 1.807) is 0 Å². The standard InChI is InChI=1S/C60H42N6/c1-5-17-39(18-6-1)35-44-38-53-47(51-36-42(29-31-46(44)51)43-30-34-56-52(37-43)49-26-14-15-27-54(49)65(56)45-23-11-4-12-24-45)32-33-50-48-25-13-16-28-55(48)66(59(50)61-53)60-63-57(40-19-7-2-8-20-40)62-58(64-60)41-21-9-3-10-22-41/h1-31,34-37,47H,32-33,38H2/b44-35-. The van der Waals surface area contributed by atoms with Gasteiger partial charge in [0.25, 0.3) is 0 Å². The zero-order chi connectivity index (χ0) is 43.6. The van der Waals surface area contributed by atoms with E-state index < -0.39 is 0 Å². The molecular formula is C60H42N6. The van der Waals surface area contributed by atoms with E-state index in [4.69, 9.17) is 19.9 Å². The molecule has 0 saturated carbocycles. The van der Waals surface area contributed by atoms with Gasteiger partial charge < -0.3 is 4.57 Å². The van der Waals surface area contributed by atoms with Gasteiger partial charge in [-0.3, -0.25) is 4.57 Å². The Morgan fingerprint density at radius 2 is 1.05 bits per heavy atom. The van der Waals surface area contributed by atoms with Crippen LogP contribution in [0.15, 0.2) is 211 Å². The summed E-state index contributed by atoms with van der Waals surface area (Å²) in [5, 5.41) is 3.67. The van der Waals surface area contributed by atoms with Crippen LogP contribution in [0, 0.1) is 0 Å². The maximum absolute atomic E-state index is 5.81. The van der Waals surface area contributed by atoms with Gasteiger partial charge in [0.2, 0.25) is 5.95 Å². The first-order valence-corrected chi connectivity index (χ1v) is 22.8. The summed E-state index contributed by atoms with van der Waals surface area (Å²) in [4.78, 5) is 21.3. The predicted molar refractivity (Wildman–Crippen MR) is 271 cm³/mol. The molecule has 13 rings (SSSR count). The molecule has 0 N–H and O–H groups in total. The summed E-state index contributed by atoms with van der Waals surface area (Å²) in [6.07, 6.45) is 4.88. The summed E-state index contributed by atoms with van der Waals surface area (Å²) in [5.74, 6) is 2.83. The summed E-state index contributed by atoms with van der Waals surface area (Å²) in [7, 11) is 0. The number of hydrogen-bond acceptors (Lipinski definition) is 4. The van der Waals surface area contributed by atoms with Gasteiger partial charge in [0.1, 0.15) is 5.82 Å². The topological polar surface area (TPSA) is 60.9 Å². The monoisotopic (exact) mass is 846 g/mol. The smallest absolute Gasteiger partial charge is 0.239 e. The van der Waals surface area contributed by atoms with Crippen LogP contribution in [0.25, 0.3) is 89.9 Å². The van der Waals surface area contributed by atoms with E-state index in [2.05, 4.69) is 185 Å². The summed E-state index contributed by atoms with van der Waals surface area (Å²) < 4.78 is 4.57. The molecule has 1 aliphatic heterocycles. The molecule has 1 unspecified atom stereocenters. The molecule has 1 aliphatic carbocycles. The molecule has 0 radical (unpaired) electrons. The van der Waals surface area contributed by atoms with Crippen molar-refractivity contribution in [3.8, 4) is 45.5 Å². The van der Waals surface area contributed by atoms with Crippen LogP contribution in [0.1, 0.15) is 41.0 Å². The lowest BCUT2D eigenvalue weighted by Gasteiger charge is -2.29. The van der Waals surface area contributed by atoms with E-state index in [1.165, 1.54) is 66.1 Å². The highest BCUT2D eigenvalue weighted by molar-refractivity contribution is 6.11. The zero-order valence-electron chi connectivity index (χ0n) is 36.1. The Morgan fingerprint density at radius 3 is 1.76 bits per heavy atom. The molecule has 0 saturated heterocycles. The predicted octanol–water partition coefficient (Wildman–Crippen LogP) is 14.7. The summed E-state index contributed by atoms with van der Waals surface area (Å²) >= 11 is 0. The first kappa shape index (κ1) is 38.0. The molecule has 4 heterocycles. The van der Waals surface area contributed by atoms with Gasteiger partial charge in [-0.05, 0) is 88.7 Å². The third-order valence-electron chi connectivity index (χ3n) is 13.5. The second kappa shape index (κ2) is 15.6. The van der Waals surface area contributed by atoms with Crippen LogP contribution >= 0.6 is 0 Å². The molecular weight excluding hydrogens is 805 g/mol. The average Bonchev–Trinajstić information content (AvgIpc) is 3.80. The van der Waals surface area contributed by atoms with E-state index in [1.807, 2.05) is 36.4 Å². The number of aliphatic imine (C=N–C) groups is 1. The van der Waals surface area contributed by atoms with Gasteiger partial charge in [-0.1, -0.05) is 170 Å². The highest BCUT2D eigenvalue weighted by Gasteiger charge is 2.34. The maximum atomic E-state index is 5.81. The Balaban J connectivity index is 0.993. The molecule has 0 bridgehead atoms. The Morgan fingerprint density at radius 1 is 0.470 bits per heavy atom. The molecule has 0 fully saturated rings. The van der Waals surface area contributed by atoms with Gasteiger partial charge in [0.15, 0.2) is 11.6 Å². The Labute approximate surface area is 382 Å². The van der Waals surface area contributed by atoms with Crippen LogP contribution in [0.5, 0.6) is 0 Å². The first-order chi connectivity index (χ1) is 32.7. The first-order valence-electron chi connectivity index (χ1n) is 22.8. The van der Waals surface area contributed by atoms with Crippen molar-refractivity contribution in [3.63, 3.8) is 0 Å². The van der Waals surface area contributed by atoms with Gasteiger partial charge in [0, 0.05) is 56.6 Å². The number of aryl methyl sites for hydroxylation is 1. The van der Waals surface area contributed by atoms with E-state index in [0.717, 1.165) is 53.1 Å². The fourth-order valence-electron chi connectivity index (χ4n) is 10.4. The SMILES string of the molecule is C(=C1\CC2=Nc3c(c4ccccc4n3-c3nc(-c4ccccc4)nc(-c4ccccc4)n3)CCC2c2cc(-c3ccc4c(c3)c3ccccc3n4-c3ccccc3)ccc21)/c1ccccc1. The minimum atomic E-state index is 0.120. The highest BCUT2D eigenvalue weighted by atomic mass is 15.2. The van der Waals surface area contributed by atoms with Crippen LogP contribution in [-0.4, -0.2) is 29.8 Å². The summed E-state index contributed by atoms with van der Waals surface area (Å²) in [5.41, 5.74) is 16.3. The number of benzene rings is 8. The summed E-state index contributed by atoms with van der Waals surface area (Å²) in [6.45, 7) is 0. The molecule has 6 nitrogen and oxygen atoms in total. The lowest BCUT2D eigenvalue weighted by atomic mass is 9.75. The molecule has 3 aromatic heterocycles. The van der Waals surface area contributed by atoms with Gasteiger partial charge in [-0.15, -0.1) is 0 Å². The Hall–Kier alpha value is -8.48. The molecule has 0 amide bonds. The normalized spacial score (nSPS) is 15.1. The molecule has 6 heteroatoms. The number of fused-ring (bicyclic) bond motifs is 9. The van der Waals surface area contributed by atoms with Crippen molar-refractivity contribution < 1.29 is 0 Å². The minimum Gasteiger partial charge on any atom is -0.309 e. The Bertz CT molecular complexity index is 3660. The lowest BCUT2D eigenvalue weighted by molar-refractivity contribution is 0.763. The van der Waals surface area contributed by atoms with Crippen molar-refractivity contribution in [2.24, 2.45) is 4.99 Å². The number of allylic oxidation sites excluding steroid dienone is 1. The molecule has 2 aliphatic rings. The quantitative estimate of drug-likeness (QED) is 0.167. The molecule has 8 aromatic carbocycles. The largest absolute Gasteiger partial charge is 0.309 e. The minimum absolute atomic E-state index is 0.120. The van der Waals surface area contributed by atoms with Crippen molar-refractivity contribution in [1.82, 2.24) is 24.1 Å². The van der Waals surface area contributed by atoms with Gasteiger partial charge in [-0.2, -0.15) is 9.97 Å². The number of aromatic nitrogens is 5.